The lowest BCUT2D eigenvalue weighted by molar-refractivity contribution is 0.0954. The number of nitrogens with one attached hydrogen (secondary N) is 2. The third kappa shape index (κ3) is 3.20. The Balaban J connectivity index is 1.83. The molecule has 0 aliphatic carbocycles. The van der Waals surface area contributed by atoms with E-state index < -0.39 is 0 Å². The van der Waals surface area contributed by atoms with E-state index in [4.69, 9.17) is 0 Å². The summed E-state index contributed by atoms with van der Waals surface area (Å²) in [6.45, 7) is 4.86. The van der Waals surface area contributed by atoms with Crippen molar-refractivity contribution in [3.05, 3.63) is 40.1 Å². The second-order valence-corrected chi connectivity index (χ2v) is 5.38. The molecule has 0 atom stereocenters. The van der Waals surface area contributed by atoms with Crippen LogP contribution in [0.3, 0.4) is 0 Å². The maximum absolute atomic E-state index is 11.9. The van der Waals surface area contributed by atoms with Crippen molar-refractivity contribution in [3.63, 3.8) is 0 Å². The summed E-state index contributed by atoms with van der Waals surface area (Å²) in [5.41, 5.74) is 0.753. The molecular weight excluding hydrogens is 246 g/mol. The minimum Gasteiger partial charge on any atom is -0.352 e. The van der Waals surface area contributed by atoms with Crippen LogP contribution in [-0.2, 0) is 6.42 Å². The zero-order valence-electron chi connectivity index (χ0n) is 10.6. The van der Waals surface area contributed by atoms with E-state index in [0.717, 1.165) is 17.8 Å². The van der Waals surface area contributed by atoms with Gasteiger partial charge in [0.1, 0.15) is 5.82 Å². The van der Waals surface area contributed by atoms with Crippen molar-refractivity contribution in [3.8, 4) is 0 Å². The lowest BCUT2D eigenvalue weighted by atomic mass is 10.1. The fraction of sp³-hybridized carbons (Fsp3) is 0.385. The highest BCUT2D eigenvalue weighted by Crippen LogP contribution is 2.22. The predicted molar refractivity (Wildman–Crippen MR) is 73.0 cm³/mol. The van der Waals surface area contributed by atoms with Gasteiger partial charge in [-0.05, 0) is 12.0 Å². The first-order chi connectivity index (χ1) is 8.66. The highest BCUT2D eigenvalue weighted by Gasteiger charge is 2.10. The van der Waals surface area contributed by atoms with Gasteiger partial charge in [-0.1, -0.05) is 13.8 Å². The van der Waals surface area contributed by atoms with E-state index >= 15 is 0 Å². The molecule has 0 bridgehead atoms. The Bertz CT molecular complexity index is 502. The number of aromatic amines is 1. The molecule has 5 heteroatoms. The second kappa shape index (κ2) is 5.82. The van der Waals surface area contributed by atoms with Crippen LogP contribution in [0.2, 0.25) is 0 Å². The Kier molecular flexibility index (Phi) is 4.15. The first-order valence-corrected chi connectivity index (χ1v) is 6.89. The minimum atomic E-state index is -0.00953. The first-order valence-electron chi connectivity index (χ1n) is 6.01. The third-order valence-electron chi connectivity index (χ3n) is 2.65. The molecule has 1 amide bonds. The lowest BCUT2D eigenvalue weighted by Crippen LogP contribution is -2.25. The molecule has 0 fully saturated rings. The number of imidazole rings is 1. The van der Waals surface area contributed by atoms with Crippen LogP contribution in [0.15, 0.2) is 23.8 Å². The van der Waals surface area contributed by atoms with Gasteiger partial charge in [-0.25, -0.2) is 4.98 Å². The topological polar surface area (TPSA) is 57.8 Å². The van der Waals surface area contributed by atoms with Crippen molar-refractivity contribution in [2.45, 2.75) is 26.2 Å². The van der Waals surface area contributed by atoms with Crippen LogP contribution in [0, 0.1) is 0 Å². The molecule has 96 valence electrons. The third-order valence-corrected chi connectivity index (χ3v) is 3.89. The van der Waals surface area contributed by atoms with Crippen molar-refractivity contribution in [2.75, 3.05) is 6.54 Å². The molecule has 0 aliphatic rings. The monoisotopic (exact) mass is 263 g/mol. The average Bonchev–Trinajstić information content (AvgIpc) is 2.99. The second-order valence-electron chi connectivity index (χ2n) is 4.43. The summed E-state index contributed by atoms with van der Waals surface area (Å²) in [4.78, 5) is 20.2. The van der Waals surface area contributed by atoms with Gasteiger partial charge in [-0.2, -0.15) is 0 Å². The van der Waals surface area contributed by atoms with E-state index in [9.17, 15) is 4.79 Å². The predicted octanol–water partition coefficient (Wildman–Crippen LogP) is 2.57. The van der Waals surface area contributed by atoms with Crippen molar-refractivity contribution in [1.82, 2.24) is 15.3 Å². The zero-order chi connectivity index (χ0) is 13.0. The summed E-state index contributed by atoms with van der Waals surface area (Å²) in [5, 5.41) is 4.81. The number of thiophene rings is 1. The largest absolute Gasteiger partial charge is 0.352 e. The van der Waals surface area contributed by atoms with Gasteiger partial charge in [0.05, 0.1) is 5.56 Å². The van der Waals surface area contributed by atoms with Crippen LogP contribution in [0.25, 0.3) is 0 Å². The molecule has 2 heterocycles. The number of carbonyl (C=O) groups is 1. The maximum atomic E-state index is 11.9. The van der Waals surface area contributed by atoms with Crippen LogP contribution < -0.4 is 5.32 Å². The lowest BCUT2D eigenvalue weighted by Gasteiger charge is -2.02. The van der Waals surface area contributed by atoms with E-state index in [0.29, 0.717) is 12.5 Å². The summed E-state index contributed by atoms with van der Waals surface area (Å²) in [5.74, 6) is 1.35. The normalized spacial score (nSPS) is 10.8. The molecule has 4 nitrogen and oxygen atoms in total. The number of hydrogen-bond acceptors (Lipinski definition) is 3. The smallest absolute Gasteiger partial charge is 0.252 e. The van der Waals surface area contributed by atoms with Crippen LogP contribution in [-0.4, -0.2) is 22.4 Å². The minimum absolute atomic E-state index is 0.00953. The van der Waals surface area contributed by atoms with Crippen molar-refractivity contribution in [1.29, 1.82) is 0 Å². The number of amides is 1. The van der Waals surface area contributed by atoms with E-state index in [1.807, 2.05) is 11.4 Å². The van der Waals surface area contributed by atoms with Gasteiger partial charge in [0.15, 0.2) is 0 Å². The van der Waals surface area contributed by atoms with Crippen molar-refractivity contribution in [2.24, 2.45) is 0 Å². The molecule has 0 radical (unpaired) electrons. The number of carbonyl (C=O) groups excluding carboxylic acids is 1. The van der Waals surface area contributed by atoms with Crippen LogP contribution in [0.5, 0.6) is 0 Å². The fourth-order valence-corrected chi connectivity index (χ4v) is 2.51. The number of aromatic nitrogens is 2. The molecular formula is C13H17N3OS. The SMILES string of the molecule is CC(C)c1cc(C(=O)NCCc2ncc[nH]2)cs1. The molecule has 0 spiro atoms. The van der Waals surface area contributed by atoms with Crippen molar-refractivity contribution >= 4 is 17.2 Å². The quantitative estimate of drug-likeness (QED) is 0.871. The standard InChI is InChI=1S/C13H17N3OS/c1-9(2)11-7-10(8-18-11)13(17)16-4-3-12-14-5-6-15-12/h5-9H,3-4H2,1-2H3,(H,14,15)(H,16,17). The van der Waals surface area contributed by atoms with Gasteiger partial charge < -0.3 is 10.3 Å². The highest BCUT2D eigenvalue weighted by atomic mass is 32.1. The summed E-state index contributed by atoms with van der Waals surface area (Å²) >= 11 is 1.64. The molecule has 0 saturated carbocycles. The Morgan fingerprint density at radius 1 is 1.56 bits per heavy atom. The molecule has 2 aromatic rings. The number of H-pyrrole nitrogens is 1. The summed E-state index contributed by atoms with van der Waals surface area (Å²) in [6.07, 6.45) is 4.22. The fourth-order valence-electron chi connectivity index (χ4n) is 1.61. The molecule has 0 aromatic carbocycles. The Labute approximate surface area is 110 Å². The van der Waals surface area contributed by atoms with Gasteiger partial charge >= 0.3 is 0 Å². The average molecular weight is 263 g/mol. The molecule has 18 heavy (non-hydrogen) atoms. The van der Waals surface area contributed by atoms with Crippen molar-refractivity contribution < 1.29 is 4.79 Å². The Morgan fingerprint density at radius 3 is 3.00 bits per heavy atom. The first kappa shape index (κ1) is 12.8. The summed E-state index contributed by atoms with van der Waals surface area (Å²) in [6, 6.07) is 1.97. The molecule has 0 aliphatic heterocycles. The van der Waals surface area contributed by atoms with Gasteiger partial charge in [0.2, 0.25) is 0 Å². The Hall–Kier alpha value is -1.62. The number of nitrogens with zero attached hydrogens (tertiary/aromatic N) is 1. The zero-order valence-corrected chi connectivity index (χ0v) is 11.4. The van der Waals surface area contributed by atoms with E-state index in [-0.39, 0.29) is 5.91 Å². The van der Waals surface area contributed by atoms with Gasteiger partial charge in [0.25, 0.3) is 5.91 Å². The molecule has 0 saturated heterocycles. The van der Waals surface area contributed by atoms with Gasteiger partial charge in [0, 0.05) is 35.6 Å². The van der Waals surface area contributed by atoms with Gasteiger partial charge in [-0.3, -0.25) is 4.79 Å². The van der Waals surface area contributed by atoms with E-state index in [2.05, 4.69) is 29.1 Å². The summed E-state index contributed by atoms with van der Waals surface area (Å²) < 4.78 is 0. The van der Waals surface area contributed by atoms with E-state index in [1.165, 1.54) is 4.88 Å². The number of hydrogen-bond donors (Lipinski definition) is 2. The molecule has 0 unspecified atom stereocenters. The molecule has 2 N–H and O–H groups in total. The summed E-state index contributed by atoms with van der Waals surface area (Å²) in [7, 11) is 0. The highest BCUT2D eigenvalue weighted by molar-refractivity contribution is 7.10. The van der Waals surface area contributed by atoms with E-state index in [1.54, 1.807) is 23.7 Å². The molecule has 2 aromatic heterocycles. The van der Waals surface area contributed by atoms with Gasteiger partial charge in [-0.15, -0.1) is 11.3 Å². The van der Waals surface area contributed by atoms with Crippen LogP contribution in [0.1, 0.15) is 40.8 Å². The van der Waals surface area contributed by atoms with Crippen LogP contribution in [0.4, 0.5) is 0 Å². The molecule has 2 rings (SSSR count). The van der Waals surface area contributed by atoms with Crippen LogP contribution >= 0.6 is 11.3 Å². The number of rotatable bonds is 5. The Morgan fingerprint density at radius 2 is 2.39 bits per heavy atom. The maximum Gasteiger partial charge on any atom is 0.252 e.